The Bertz CT molecular complexity index is 1060. The Hall–Kier alpha value is -2.59. The number of carbonyl (C=O) groups is 1. The molecule has 0 aliphatic heterocycles. The fourth-order valence-electron chi connectivity index (χ4n) is 2.92. The Balaban J connectivity index is 1.83. The molecule has 0 N–H and O–H groups in total. The second-order valence-corrected chi connectivity index (χ2v) is 6.56. The van der Waals surface area contributed by atoms with Crippen molar-refractivity contribution in [2.24, 2.45) is 0 Å². The molecule has 4 aromatic rings. The van der Waals surface area contributed by atoms with Gasteiger partial charge in [0.1, 0.15) is 5.52 Å². The normalized spacial score (nSPS) is 11.0. The van der Waals surface area contributed by atoms with Gasteiger partial charge in [0.15, 0.2) is 6.20 Å². The summed E-state index contributed by atoms with van der Waals surface area (Å²) in [5, 5.41) is 2.15. The van der Waals surface area contributed by atoms with Crippen molar-refractivity contribution in [1.82, 2.24) is 4.98 Å². The zero-order chi connectivity index (χ0) is 16.5. The maximum absolute atomic E-state index is 12.6. The molecule has 0 saturated carbocycles. The number of aromatic nitrogens is 2. The Morgan fingerprint density at radius 1 is 0.958 bits per heavy atom. The number of nitrogens with zero attached hydrogens (tertiary/aromatic N) is 2. The average molecular weight is 378 g/mol. The summed E-state index contributed by atoms with van der Waals surface area (Å²) in [5.74, 6) is 0.0768. The number of Topliss-reactive ketones (excluding diaryl/α,β-unsaturated/α-hetero) is 1. The molecule has 4 heteroatoms. The van der Waals surface area contributed by atoms with Crippen LogP contribution in [0.4, 0.5) is 0 Å². The summed E-state index contributed by atoms with van der Waals surface area (Å²) in [5.41, 5.74) is 2.61. The number of rotatable bonds is 3. The summed E-state index contributed by atoms with van der Waals surface area (Å²) in [4.78, 5) is 17.2. The lowest BCUT2D eigenvalue weighted by molar-refractivity contribution is -0.656. The van der Waals surface area contributed by atoms with Gasteiger partial charge in [-0.3, -0.25) is 4.79 Å². The van der Waals surface area contributed by atoms with Crippen LogP contribution in [0.2, 0.25) is 0 Å². The lowest BCUT2D eigenvalue weighted by Gasteiger charge is -2.04. The predicted molar refractivity (Wildman–Crippen MR) is 97.9 cm³/mol. The van der Waals surface area contributed by atoms with Crippen LogP contribution < -0.4 is 4.57 Å². The third kappa shape index (κ3) is 2.69. The van der Waals surface area contributed by atoms with E-state index in [2.05, 4.69) is 33.0 Å². The molecule has 2 aromatic heterocycles. The van der Waals surface area contributed by atoms with Gasteiger partial charge in [0.2, 0.25) is 17.8 Å². The van der Waals surface area contributed by atoms with Crippen LogP contribution in [-0.4, -0.2) is 10.8 Å². The van der Waals surface area contributed by atoms with E-state index >= 15 is 0 Å². The number of carbonyl (C=O) groups excluding carboxylic acids is 1. The van der Waals surface area contributed by atoms with Crippen molar-refractivity contribution in [2.75, 3.05) is 0 Å². The third-order valence-corrected chi connectivity index (χ3v) is 4.62. The first-order chi connectivity index (χ1) is 11.7. The van der Waals surface area contributed by atoms with E-state index in [0.717, 1.165) is 26.3 Å². The number of hydrogen-bond donors (Lipinski definition) is 0. The molecule has 0 fully saturated rings. The van der Waals surface area contributed by atoms with Crippen LogP contribution in [-0.2, 0) is 6.54 Å². The maximum Gasteiger partial charge on any atom is 0.239 e. The second kappa shape index (κ2) is 6.13. The smallest absolute Gasteiger partial charge is 0.239 e. The highest BCUT2D eigenvalue weighted by Gasteiger charge is 2.18. The molecule has 2 aromatic carbocycles. The van der Waals surface area contributed by atoms with Crippen LogP contribution in [0.25, 0.3) is 21.8 Å². The Morgan fingerprint density at radius 3 is 2.54 bits per heavy atom. The first-order valence-electron chi connectivity index (χ1n) is 7.67. The monoisotopic (exact) mass is 377 g/mol. The van der Waals surface area contributed by atoms with Crippen molar-refractivity contribution >= 4 is 43.5 Å². The van der Waals surface area contributed by atoms with Gasteiger partial charge in [-0.1, -0.05) is 40.2 Å². The van der Waals surface area contributed by atoms with Crippen molar-refractivity contribution in [3.63, 3.8) is 0 Å². The molecule has 0 atom stereocenters. The quantitative estimate of drug-likeness (QED) is 0.302. The number of pyridine rings is 2. The summed E-state index contributed by atoms with van der Waals surface area (Å²) >= 11 is 3.40. The van der Waals surface area contributed by atoms with Crippen LogP contribution in [0.1, 0.15) is 10.4 Å². The maximum atomic E-state index is 12.6. The van der Waals surface area contributed by atoms with Gasteiger partial charge >= 0.3 is 0 Å². The van der Waals surface area contributed by atoms with Gasteiger partial charge < -0.3 is 0 Å². The number of benzene rings is 2. The van der Waals surface area contributed by atoms with E-state index < -0.39 is 0 Å². The van der Waals surface area contributed by atoms with E-state index in [-0.39, 0.29) is 12.3 Å². The molecule has 24 heavy (non-hydrogen) atoms. The zero-order valence-electron chi connectivity index (χ0n) is 12.8. The number of halogens is 1. The van der Waals surface area contributed by atoms with E-state index in [0.29, 0.717) is 5.56 Å². The van der Waals surface area contributed by atoms with Gasteiger partial charge in [-0.15, -0.1) is 0 Å². The van der Waals surface area contributed by atoms with Crippen molar-refractivity contribution in [3.05, 3.63) is 83.1 Å². The molecule has 0 spiro atoms. The largest absolute Gasteiger partial charge is 0.287 e. The topological polar surface area (TPSA) is 33.8 Å². The van der Waals surface area contributed by atoms with Crippen molar-refractivity contribution in [2.45, 2.75) is 6.54 Å². The van der Waals surface area contributed by atoms with Gasteiger partial charge in [-0.25, -0.2) is 4.98 Å². The van der Waals surface area contributed by atoms with Crippen LogP contribution in [0.15, 0.2) is 77.5 Å². The van der Waals surface area contributed by atoms with Gasteiger partial charge in [-0.2, -0.15) is 4.57 Å². The Morgan fingerprint density at radius 2 is 1.71 bits per heavy atom. The van der Waals surface area contributed by atoms with Gasteiger partial charge in [0.25, 0.3) is 0 Å². The van der Waals surface area contributed by atoms with Crippen molar-refractivity contribution in [3.8, 4) is 0 Å². The molecule has 0 amide bonds. The van der Waals surface area contributed by atoms with Crippen LogP contribution in [0, 0.1) is 0 Å². The van der Waals surface area contributed by atoms with Gasteiger partial charge in [-0.05, 0) is 30.3 Å². The molecule has 116 valence electrons. The van der Waals surface area contributed by atoms with E-state index in [1.165, 1.54) is 0 Å². The molecule has 0 aliphatic rings. The Labute approximate surface area is 147 Å². The zero-order valence-corrected chi connectivity index (χ0v) is 14.4. The van der Waals surface area contributed by atoms with E-state index in [1.807, 2.05) is 59.3 Å². The third-order valence-electron chi connectivity index (χ3n) is 4.09. The fourth-order valence-corrected chi connectivity index (χ4v) is 3.18. The molecule has 0 bridgehead atoms. The first kappa shape index (κ1) is 15.0. The molecule has 0 saturated heterocycles. The van der Waals surface area contributed by atoms with Crippen molar-refractivity contribution in [1.29, 1.82) is 0 Å². The summed E-state index contributed by atoms with van der Waals surface area (Å²) in [6.45, 7) is 0.286. The van der Waals surface area contributed by atoms with E-state index in [4.69, 9.17) is 0 Å². The highest BCUT2D eigenvalue weighted by molar-refractivity contribution is 9.10. The number of ketones is 1. The highest BCUT2D eigenvalue weighted by atomic mass is 79.9. The molecule has 2 heterocycles. The van der Waals surface area contributed by atoms with Gasteiger partial charge in [0.05, 0.1) is 0 Å². The van der Waals surface area contributed by atoms with Crippen LogP contribution >= 0.6 is 15.9 Å². The average Bonchev–Trinajstić information content (AvgIpc) is 2.62. The van der Waals surface area contributed by atoms with E-state index in [1.54, 1.807) is 6.20 Å². The molecule has 4 rings (SSSR count). The van der Waals surface area contributed by atoms with Crippen molar-refractivity contribution < 1.29 is 9.36 Å². The number of fused-ring (bicyclic) bond motifs is 3. The minimum Gasteiger partial charge on any atom is -0.287 e. The SMILES string of the molecule is O=C(C[n+]1cccc2ccc3cccnc3c21)c1ccc(Br)cc1. The summed E-state index contributed by atoms with van der Waals surface area (Å²) in [6.07, 6.45) is 3.73. The number of hydrogen-bond acceptors (Lipinski definition) is 2. The Kier molecular flexibility index (Phi) is 3.82. The molecule has 0 radical (unpaired) electrons. The summed E-state index contributed by atoms with van der Waals surface area (Å²) in [6, 6.07) is 19.6. The molecule has 3 nitrogen and oxygen atoms in total. The second-order valence-electron chi connectivity index (χ2n) is 5.64. The molecular formula is C20H14BrN2O+. The molecule has 0 aliphatic carbocycles. The lowest BCUT2D eigenvalue weighted by atomic mass is 10.1. The van der Waals surface area contributed by atoms with Crippen LogP contribution in [0.5, 0.6) is 0 Å². The van der Waals surface area contributed by atoms with E-state index in [9.17, 15) is 4.79 Å². The standard InChI is InChI=1S/C20H14BrN2O/c21-17-9-7-14(8-10-17)18(24)13-23-12-2-4-16-6-5-15-3-1-11-22-19(15)20(16)23/h1-12H,13H2/q+1. The summed E-state index contributed by atoms with van der Waals surface area (Å²) < 4.78 is 2.95. The van der Waals surface area contributed by atoms with Crippen LogP contribution in [0.3, 0.4) is 0 Å². The minimum absolute atomic E-state index is 0.0768. The molecule has 0 unspecified atom stereocenters. The molecular weight excluding hydrogens is 364 g/mol. The first-order valence-corrected chi connectivity index (χ1v) is 8.46. The minimum atomic E-state index is 0.0768. The summed E-state index contributed by atoms with van der Waals surface area (Å²) in [7, 11) is 0. The lowest BCUT2D eigenvalue weighted by Crippen LogP contribution is -2.38. The fraction of sp³-hybridized carbons (Fsp3) is 0.0500. The predicted octanol–water partition coefficient (Wildman–Crippen LogP) is 4.32. The highest BCUT2D eigenvalue weighted by Crippen LogP contribution is 2.20. The van der Waals surface area contributed by atoms with Gasteiger partial charge in [0, 0.05) is 33.1 Å².